The fraction of sp³-hybridized carbons (Fsp3) is 0.125. The molecule has 0 amide bonds. The van der Waals surface area contributed by atoms with Gasteiger partial charge in [-0.1, -0.05) is 0 Å². The van der Waals surface area contributed by atoms with Crippen molar-refractivity contribution in [1.29, 1.82) is 0 Å². The first kappa shape index (κ1) is 7.72. The van der Waals surface area contributed by atoms with Crippen molar-refractivity contribution in [3.05, 3.63) is 34.9 Å². The second-order valence-electron chi connectivity index (χ2n) is 2.71. The molecular formula is C8H8N4O. The first-order valence-electron chi connectivity index (χ1n) is 3.80. The third kappa shape index (κ3) is 1.48. The lowest BCUT2D eigenvalue weighted by molar-refractivity contribution is 0.768. The Morgan fingerprint density at radius 1 is 1.46 bits per heavy atom. The van der Waals surface area contributed by atoms with Crippen LogP contribution in [0.2, 0.25) is 0 Å². The fourth-order valence-electron chi connectivity index (χ4n) is 1.06. The highest BCUT2D eigenvalue weighted by molar-refractivity contribution is 5.55. The van der Waals surface area contributed by atoms with E-state index in [-0.39, 0.29) is 5.56 Å². The van der Waals surface area contributed by atoms with E-state index in [1.807, 2.05) is 13.2 Å². The molecule has 1 N–H and O–H groups in total. The summed E-state index contributed by atoms with van der Waals surface area (Å²) in [6, 6.07) is 3.10. The molecule has 0 fully saturated rings. The standard InChI is InChI=1S/C8H8N4O/c1-12-5-6(4-9-12)7-2-3-8(13)11-10-7/h2-5H,1H3,(H,11,13). The minimum Gasteiger partial charge on any atom is -0.275 e. The Balaban J connectivity index is 2.47. The summed E-state index contributed by atoms with van der Waals surface area (Å²) in [5.41, 5.74) is 1.40. The molecule has 0 aliphatic rings. The Morgan fingerprint density at radius 3 is 2.85 bits per heavy atom. The molecule has 0 radical (unpaired) electrons. The molecule has 2 aromatic heterocycles. The van der Waals surface area contributed by atoms with Gasteiger partial charge in [0.15, 0.2) is 0 Å². The monoisotopic (exact) mass is 176 g/mol. The molecule has 2 rings (SSSR count). The number of hydrogen-bond donors (Lipinski definition) is 1. The van der Waals surface area contributed by atoms with Crippen molar-refractivity contribution in [1.82, 2.24) is 20.0 Å². The highest BCUT2D eigenvalue weighted by Gasteiger charge is 2.00. The summed E-state index contributed by atoms with van der Waals surface area (Å²) in [6.07, 6.45) is 3.53. The van der Waals surface area contributed by atoms with Gasteiger partial charge in [-0.15, -0.1) is 0 Å². The minimum atomic E-state index is -0.201. The number of rotatable bonds is 1. The second-order valence-corrected chi connectivity index (χ2v) is 2.71. The summed E-state index contributed by atoms with van der Waals surface area (Å²) in [6.45, 7) is 0. The molecule has 66 valence electrons. The largest absolute Gasteiger partial charge is 0.275 e. The molecule has 0 saturated carbocycles. The summed E-state index contributed by atoms with van der Waals surface area (Å²) in [5.74, 6) is 0. The molecular weight excluding hydrogens is 168 g/mol. The number of hydrogen-bond acceptors (Lipinski definition) is 3. The molecule has 0 aromatic carbocycles. The minimum absolute atomic E-state index is 0.201. The van der Waals surface area contributed by atoms with E-state index >= 15 is 0 Å². The number of nitrogens with one attached hydrogen (secondary N) is 1. The molecule has 0 spiro atoms. The van der Waals surface area contributed by atoms with Crippen LogP contribution in [0, 0.1) is 0 Å². The molecule has 5 heteroatoms. The van der Waals surface area contributed by atoms with Crippen LogP contribution in [0.25, 0.3) is 11.3 Å². The third-order valence-corrected chi connectivity index (χ3v) is 1.68. The van der Waals surface area contributed by atoms with Crippen LogP contribution < -0.4 is 5.56 Å². The number of H-pyrrole nitrogens is 1. The number of aryl methyl sites for hydroxylation is 1. The lowest BCUT2D eigenvalue weighted by Crippen LogP contribution is -2.05. The summed E-state index contributed by atoms with van der Waals surface area (Å²) >= 11 is 0. The van der Waals surface area contributed by atoms with Crippen molar-refractivity contribution in [2.24, 2.45) is 7.05 Å². The maximum atomic E-state index is 10.7. The number of nitrogens with zero attached hydrogens (tertiary/aromatic N) is 3. The molecule has 0 unspecified atom stereocenters. The molecule has 2 aromatic rings. The van der Waals surface area contributed by atoms with Gasteiger partial charge in [-0.2, -0.15) is 10.2 Å². The molecule has 2 heterocycles. The van der Waals surface area contributed by atoms with Crippen LogP contribution in [0.5, 0.6) is 0 Å². The van der Waals surface area contributed by atoms with Gasteiger partial charge >= 0.3 is 0 Å². The average molecular weight is 176 g/mol. The Bertz CT molecular complexity index is 450. The summed E-state index contributed by atoms with van der Waals surface area (Å²) in [7, 11) is 1.83. The van der Waals surface area contributed by atoms with E-state index in [1.165, 1.54) is 6.07 Å². The van der Waals surface area contributed by atoms with Crippen LogP contribution in [0.3, 0.4) is 0 Å². The van der Waals surface area contributed by atoms with E-state index in [4.69, 9.17) is 0 Å². The van der Waals surface area contributed by atoms with E-state index in [9.17, 15) is 4.79 Å². The van der Waals surface area contributed by atoms with Gasteiger partial charge in [0.05, 0.1) is 11.9 Å². The molecule has 0 bridgehead atoms. The quantitative estimate of drug-likeness (QED) is 0.673. The lowest BCUT2D eigenvalue weighted by Gasteiger charge is -1.91. The van der Waals surface area contributed by atoms with E-state index < -0.39 is 0 Å². The van der Waals surface area contributed by atoms with E-state index in [1.54, 1.807) is 16.9 Å². The smallest absolute Gasteiger partial charge is 0.264 e. The maximum Gasteiger partial charge on any atom is 0.264 e. The predicted molar refractivity (Wildman–Crippen MR) is 47.1 cm³/mol. The third-order valence-electron chi connectivity index (χ3n) is 1.68. The zero-order valence-electron chi connectivity index (χ0n) is 7.06. The topological polar surface area (TPSA) is 63.6 Å². The van der Waals surface area contributed by atoms with Crippen molar-refractivity contribution in [3.8, 4) is 11.3 Å². The van der Waals surface area contributed by atoms with Gasteiger partial charge in [-0.25, -0.2) is 5.10 Å². The van der Waals surface area contributed by atoms with Crippen LogP contribution in [-0.2, 0) is 7.05 Å². The number of aromatic nitrogens is 4. The van der Waals surface area contributed by atoms with E-state index in [0.717, 1.165) is 5.56 Å². The van der Waals surface area contributed by atoms with E-state index in [2.05, 4.69) is 15.3 Å². The summed E-state index contributed by atoms with van der Waals surface area (Å²) < 4.78 is 1.68. The van der Waals surface area contributed by atoms with Gasteiger partial charge in [0, 0.05) is 24.9 Å². The van der Waals surface area contributed by atoms with E-state index in [0.29, 0.717) is 5.69 Å². The Hall–Kier alpha value is -1.91. The molecule has 0 saturated heterocycles. The van der Waals surface area contributed by atoms with Crippen molar-refractivity contribution < 1.29 is 0 Å². The lowest BCUT2D eigenvalue weighted by atomic mass is 10.2. The molecule has 0 aliphatic heterocycles. The zero-order chi connectivity index (χ0) is 9.26. The first-order chi connectivity index (χ1) is 6.25. The number of aromatic amines is 1. The maximum absolute atomic E-state index is 10.7. The van der Waals surface area contributed by atoms with Crippen molar-refractivity contribution in [3.63, 3.8) is 0 Å². The first-order valence-corrected chi connectivity index (χ1v) is 3.80. The fourth-order valence-corrected chi connectivity index (χ4v) is 1.06. The molecule has 5 nitrogen and oxygen atoms in total. The SMILES string of the molecule is Cn1cc(-c2ccc(=O)[nH]n2)cn1. The highest BCUT2D eigenvalue weighted by Crippen LogP contribution is 2.12. The highest BCUT2D eigenvalue weighted by atomic mass is 16.1. The van der Waals surface area contributed by atoms with Gasteiger partial charge < -0.3 is 0 Å². The van der Waals surface area contributed by atoms with Crippen LogP contribution >= 0.6 is 0 Å². The van der Waals surface area contributed by atoms with Gasteiger partial charge in [0.25, 0.3) is 5.56 Å². The summed E-state index contributed by atoms with van der Waals surface area (Å²) in [4.78, 5) is 10.7. The molecule has 13 heavy (non-hydrogen) atoms. The van der Waals surface area contributed by atoms with Crippen LogP contribution in [-0.4, -0.2) is 20.0 Å². The van der Waals surface area contributed by atoms with Gasteiger partial charge in [0.2, 0.25) is 0 Å². The molecule has 0 aliphatic carbocycles. The normalized spacial score (nSPS) is 10.2. The Kier molecular flexibility index (Phi) is 1.70. The van der Waals surface area contributed by atoms with Crippen molar-refractivity contribution >= 4 is 0 Å². The molecule has 0 atom stereocenters. The van der Waals surface area contributed by atoms with Crippen LogP contribution in [0.15, 0.2) is 29.3 Å². The van der Waals surface area contributed by atoms with Crippen molar-refractivity contribution in [2.45, 2.75) is 0 Å². The van der Waals surface area contributed by atoms with Crippen molar-refractivity contribution in [2.75, 3.05) is 0 Å². The van der Waals surface area contributed by atoms with Crippen LogP contribution in [0.1, 0.15) is 0 Å². The zero-order valence-corrected chi connectivity index (χ0v) is 7.06. The van der Waals surface area contributed by atoms with Crippen LogP contribution in [0.4, 0.5) is 0 Å². The Labute approximate surface area is 74.0 Å². The van der Waals surface area contributed by atoms with Gasteiger partial charge in [-0.3, -0.25) is 9.48 Å². The van der Waals surface area contributed by atoms with Gasteiger partial charge in [0.1, 0.15) is 0 Å². The second kappa shape index (κ2) is 2.85. The predicted octanol–water partition coefficient (Wildman–Crippen LogP) is 0.170. The Morgan fingerprint density at radius 2 is 2.31 bits per heavy atom. The average Bonchev–Trinajstić information content (AvgIpc) is 2.53. The van der Waals surface area contributed by atoms with Gasteiger partial charge in [-0.05, 0) is 6.07 Å². The summed E-state index contributed by atoms with van der Waals surface area (Å²) in [5, 5.41) is 10.2.